The molecule has 0 radical (unpaired) electrons. The van der Waals surface area contributed by atoms with E-state index in [1.54, 1.807) is 56.6 Å². The first-order chi connectivity index (χ1) is 15.2. The second-order valence-electron chi connectivity index (χ2n) is 6.97. The Hall–Kier alpha value is -3.23. The molecule has 0 fully saturated rings. The predicted molar refractivity (Wildman–Crippen MR) is 124 cm³/mol. The number of anilines is 1. The molecular formula is C23H23ClN2O5S. The van der Waals surface area contributed by atoms with Crippen molar-refractivity contribution >= 4 is 33.2 Å². The van der Waals surface area contributed by atoms with E-state index in [0.717, 1.165) is 5.56 Å². The van der Waals surface area contributed by atoms with Crippen LogP contribution < -0.4 is 14.2 Å². The average Bonchev–Trinajstić information content (AvgIpc) is 2.79. The van der Waals surface area contributed by atoms with Crippen molar-refractivity contribution in [2.24, 2.45) is 0 Å². The van der Waals surface area contributed by atoms with E-state index in [4.69, 9.17) is 21.1 Å². The van der Waals surface area contributed by atoms with Gasteiger partial charge < -0.3 is 14.4 Å². The van der Waals surface area contributed by atoms with Gasteiger partial charge in [0.1, 0.15) is 4.90 Å². The molecule has 0 unspecified atom stereocenters. The molecule has 3 rings (SSSR count). The summed E-state index contributed by atoms with van der Waals surface area (Å²) in [5.74, 6) is 0.786. The van der Waals surface area contributed by atoms with Gasteiger partial charge >= 0.3 is 0 Å². The van der Waals surface area contributed by atoms with Crippen LogP contribution in [-0.4, -0.2) is 40.5 Å². The number of hydrogen-bond donors (Lipinski definition) is 1. The van der Waals surface area contributed by atoms with Gasteiger partial charge in [-0.15, -0.1) is 0 Å². The highest BCUT2D eigenvalue weighted by Crippen LogP contribution is 2.29. The van der Waals surface area contributed by atoms with E-state index < -0.39 is 10.0 Å². The van der Waals surface area contributed by atoms with Crippen molar-refractivity contribution in [1.29, 1.82) is 0 Å². The number of carbonyl (C=O) groups excluding carboxylic acids is 1. The number of nitrogens with one attached hydrogen (secondary N) is 1. The molecule has 0 atom stereocenters. The summed E-state index contributed by atoms with van der Waals surface area (Å²) in [4.78, 5) is 14.3. The highest BCUT2D eigenvalue weighted by Gasteiger charge is 2.22. The lowest BCUT2D eigenvalue weighted by Crippen LogP contribution is -2.26. The summed E-state index contributed by atoms with van der Waals surface area (Å²) in [5, 5.41) is 0.0209. The Balaban J connectivity index is 1.83. The summed E-state index contributed by atoms with van der Waals surface area (Å²) < 4.78 is 38.7. The quantitative estimate of drug-likeness (QED) is 0.522. The number of sulfonamides is 1. The summed E-state index contributed by atoms with van der Waals surface area (Å²) in [6.07, 6.45) is 0. The van der Waals surface area contributed by atoms with Crippen molar-refractivity contribution < 1.29 is 22.7 Å². The third-order valence-corrected chi connectivity index (χ3v) is 6.57. The van der Waals surface area contributed by atoms with Crippen molar-refractivity contribution in [2.45, 2.75) is 11.4 Å². The lowest BCUT2D eigenvalue weighted by atomic mass is 10.1. The number of carbonyl (C=O) groups is 1. The SMILES string of the molecule is COc1ccc(CN(C)C(=O)c2ccc(Cl)c(S(=O)(=O)Nc3ccccc3)c2)cc1OC. The van der Waals surface area contributed by atoms with Crippen LogP contribution in [0.4, 0.5) is 5.69 Å². The first-order valence-electron chi connectivity index (χ1n) is 9.59. The van der Waals surface area contributed by atoms with Crippen LogP contribution in [0, 0.1) is 0 Å². The summed E-state index contributed by atoms with van der Waals surface area (Å²) in [7, 11) is 0.730. The molecule has 7 nitrogen and oxygen atoms in total. The largest absolute Gasteiger partial charge is 0.493 e. The fourth-order valence-corrected chi connectivity index (χ4v) is 4.69. The summed E-state index contributed by atoms with van der Waals surface area (Å²) in [5.41, 5.74) is 1.42. The minimum atomic E-state index is -3.98. The summed E-state index contributed by atoms with van der Waals surface area (Å²) in [6.45, 7) is 0.284. The van der Waals surface area contributed by atoms with Crippen LogP contribution in [0.1, 0.15) is 15.9 Å². The zero-order valence-corrected chi connectivity index (χ0v) is 19.4. The molecule has 0 aliphatic heterocycles. The Morgan fingerprint density at radius 1 is 0.969 bits per heavy atom. The number of ether oxygens (including phenoxy) is 2. The summed E-state index contributed by atoms with van der Waals surface area (Å²) >= 11 is 6.15. The highest BCUT2D eigenvalue weighted by atomic mass is 35.5. The first-order valence-corrected chi connectivity index (χ1v) is 11.4. The van der Waals surface area contributed by atoms with Crippen molar-refractivity contribution in [3.8, 4) is 11.5 Å². The number of para-hydroxylation sites is 1. The topological polar surface area (TPSA) is 84.9 Å². The van der Waals surface area contributed by atoms with Gasteiger partial charge in [0.2, 0.25) is 0 Å². The molecule has 32 heavy (non-hydrogen) atoms. The Morgan fingerprint density at radius 2 is 1.66 bits per heavy atom. The molecule has 168 valence electrons. The van der Waals surface area contributed by atoms with E-state index >= 15 is 0 Å². The smallest absolute Gasteiger partial charge is 0.263 e. The van der Waals surface area contributed by atoms with Gasteiger partial charge in [-0.25, -0.2) is 8.42 Å². The molecular weight excluding hydrogens is 452 g/mol. The number of halogens is 1. The predicted octanol–water partition coefficient (Wildman–Crippen LogP) is 4.43. The van der Waals surface area contributed by atoms with Crippen molar-refractivity contribution in [2.75, 3.05) is 26.0 Å². The van der Waals surface area contributed by atoms with E-state index in [2.05, 4.69) is 4.72 Å². The monoisotopic (exact) mass is 474 g/mol. The summed E-state index contributed by atoms with van der Waals surface area (Å²) in [6, 6.07) is 18.0. The number of methoxy groups -OCH3 is 2. The van der Waals surface area contributed by atoms with Crippen molar-refractivity contribution in [3.63, 3.8) is 0 Å². The molecule has 3 aromatic rings. The Bertz CT molecular complexity index is 1220. The van der Waals surface area contributed by atoms with Crippen LogP contribution in [0.25, 0.3) is 0 Å². The standard InChI is InChI=1S/C23H23ClN2O5S/c1-26(15-16-9-12-20(30-2)21(13-16)31-3)23(27)17-10-11-19(24)22(14-17)32(28,29)25-18-7-5-4-6-8-18/h4-14,25H,15H2,1-3H3. The highest BCUT2D eigenvalue weighted by molar-refractivity contribution is 7.92. The van der Waals surface area contributed by atoms with Gasteiger partial charge in [0.05, 0.1) is 19.2 Å². The van der Waals surface area contributed by atoms with E-state index in [1.807, 2.05) is 6.07 Å². The van der Waals surface area contributed by atoms with Crippen LogP contribution in [0.15, 0.2) is 71.6 Å². The maximum Gasteiger partial charge on any atom is 0.263 e. The lowest BCUT2D eigenvalue weighted by molar-refractivity contribution is 0.0784. The molecule has 0 spiro atoms. The second kappa shape index (κ2) is 9.93. The molecule has 0 heterocycles. The fraction of sp³-hybridized carbons (Fsp3) is 0.174. The molecule has 1 N–H and O–H groups in total. The molecule has 9 heteroatoms. The zero-order valence-electron chi connectivity index (χ0n) is 17.8. The Morgan fingerprint density at radius 3 is 2.31 bits per heavy atom. The van der Waals surface area contributed by atoms with Gasteiger partial charge in [-0.05, 0) is 48.0 Å². The van der Waals surface area contributed by atoms with Crippen LogP contribution in [0.2, 0.25) is 5.02 Å². The van der Waals surface area contributed by atoms with Gasteiger partial charge in [0.25, 0.3) is 15.9 Å². The minimum absolute atomic E-state index is 0.0209. The Kier molecular flexibility index (Phi) is 7.27. The molecule has 0 aliphatic rings. The number of nitrogens with zero attached hydrogens (tertiary/aromatic N) is 1. The number of hydrogen-bond acceptors (Lipinski definition) is 5. The normalized spacial score (nSPS) is 11.0. The van der Waals surface area contributed by atoms with Crippen LogP contribution in [-0.2, 0) is 16.6 Å². The average molecular weight is 475 g/mol. The van der Waals surface area contributed by atoms with Crippen molar-refractivity contribution in [3.05, 3.63) is 82.9 Å². The maximum absolute atomic E-state index is 13.0. The van der Waals surface area contributed by atoms with E-state index in [9.17, 15) is 13.2 Å². The molecule has 0 saturated carbocycles. The molecule has 1 amide bonds. The fourth-order valence-electron chi connectivity index (χ4n) is 3.10. The van der Waals surface area contributed by atoms with E-state index in [1.165, 1.54) is 30.2 Å². The van der Waals surface area contributed by atoms with Crippen molar-refractivity contribution in [1.82, 2.24) is 4.90 Å². The molecule has 0 aliphatic carbocycles. The van der Waals surface area contributed by atoms with Gasteiger partial charge in [0, 0.05) is 24.8 Å². The molecule has 0 saturated heterocycles. The number of rotatable bonds is 8. The van der Waals surface area contributed by atoms with Crippen LogP contribution in [0.3, 0.4) is 0 Å². The third kappa shape index (κ3) is 5.33. The molecule has 0 bridgehead atoms. The van der Waals surface area contributed by atoms with Gasteiger partial charge in [-0.3, -0.25) is 9.52 Å². The molecule has 0 aromatic heterocycles. The van der Waals surface area contributed by atoms with Crippen LogP contribution in [0.5, 0.6) is 11.5 Å². The Labute approximate surface area is 192 Å². The number of amides is 1. The molecule has 3 aromatic carbocycles. The number of benzene rings is 3. The minimum Gasteiger partial charge on any atom is -0.493 e. The van der Waals surface area contributed by atoms with Crippen LogP contribution >= 0.6 is 11.6 Å². The first kappa shape index (κ1) is 23.4. The zero-order chi connectivity index (χ0) is 23.3. The maximum atomic E-state index is 13.0. The van der Waals surface area contributed by atoms with Gasteiger partial charge in [-0.1, -0.05) is 35.9 Å². The van der Waals surface area contributed by atoms with E-state index in [-0.39, 0.29) is 27.9 Å². The van der Waals surface area contributed by atoms with Gasteiger partial charge in [0.15, 0.2) is 11.5 Å². The third-order valence-electron chi connectivity index (χ3n) is 4.71. The van der Waals surface area contributed by atoms with Gasteiger partial charge in [-0.2, -0.15) is 0 Å². The second-order valence-corrected chi connectivity index (χ2v) is 9.03. The lowest BCUT2D eigenvalue weighted by Gasteiger charge is -2.19. The van der Waals surface area contributed by atoms with E-state index in [0.29, 0.717) is 17.2 Å².